The van der Waals surface area contributed by atoms with E-state index in [1.165, 1.54) is 6.07 Å². The molecule has 0 heterocycles. The van der Waals surface area contributed by atoms with Crippen LogP contribution < -0.4 is 14.8 Å². The highest BCUT2D eigenvalue weighted by Crippen LogP contribution is 2.26. The SMILES string of the molecule is CCCOc1ccccc1OCC(=O)NCc1ccc(C)c(F)c1. The van der Waals surface area contributed by atoms with Gasteiger partial charge in [-0.3, -0.25) is 4.79 Å². The number of benzene rings is 2. The van der Waals surface area contributed by atoms with Gasteiger partial charge in [0.1, 0.15) is 5.82 Å². The average molecular weight is 331 g/mol. The summed E-state index contributed by atoms with van der Waals surface area (Å²) in [5.41, 5.74) is 1.29. The van der Waals surface area contributed by atoms with Gasteiger partial charge in [-0.15, -0.1) is 0 Å². The highest BCUT2D eigenvalue weighted by molar-refractivity contribution is 5.77. The topological polar surface area (TPSA) is 47.6 Å². The van der Waals surface area contributed by atoms with Crippen molar-refractivity contribution in [3.63, 3.8) is 0 Å². The fourth-order valence-electron chi connectivity index (χ4n) is 2.04. The maximum absolute atomic E-state index is 13.5. The lowest BCUT2D eigenvalue weighted by molar-refractivity contribution is -0.123. The zero-order valence-corrected chi connectivity index (χ0v) is 14.0. The predicted molar refractivity (Wildman–Crippen MR) is 90.7 cm³/mol. The Kier molecular flexibility index (Phi) is 6.61. The molecule has 0 atom stereocenters. The molecule has 0 bridgehead atoms. The van der Waals surface area contributed by atoms with E-state index in [1.807, 2.05) is 19.1 Å². The highest BCUT2D eigenvalue weighted by atomic mass is 19.1. The summed E-state index contributed by atoms with van der Waals surface area (Å²) in [6.07, 6.45) is 0.891. The summed E-state index contributed by atoms with van der Waals surface area (Å²) in [6.45, 7) is 4.44. The number of ether oxygens (including phenoxy) is 2. The molecule has 1 amide bonds. The average Bonchev–Trinajstić information content (AvgIpc) is 2.59. The van der Waals surface area contributed by atoms with Crippen molar-refractivity contribution in [3.05, 3.63) is 59.4 Å². The lowest BCUT2D eigenvalue weighted by Crippen LogP contribution is -2.28. The number of halogens is 1. The van der Waals surface area contributed by atoms with Crippen LogP contribution in [0.25, 0.3) is 0 Å². The number of hydrogen-bond acceptors (Lipinski definition) is 3. The first kappa shape index (κ1) is 17.8. The van der Waals surface area contributed by atoms with E-state index in [-0.39, 0.29) is 24.9 Å². The zero-order valence-electron chi connectivity index (χ0n) is 14.0. The Balaban J connectivity index is 1.84. The molecule has 1 N–H and O–H groups in total. The van der Waals surface area contributed by atoms with Gasteiger partial charge in [0.05, 0.1) is 6.61 Å². The Hall–Kier alpha value is -2.56. The molecule has 5 heteroatoms. The van der Waals surface area contributed by atoms with Crippen molar-refractivity contribution < 1.29 is 18.7 Å². The minimum Gasteiger partial charge on any atom is -0.490 e. The van der Waals surface area contributed by atoms with Crippen LogP contribution in [0.2, 0.25) is 0 Å². The molecule has 0 aromatic heterocycles. The molecule has 0 saturated heterocycles. The third-order valence-corrected chi connectivity index (χ3v) is 3.40. The van der Waals surface area contributed by atoms with Crippen LogP contribution in [0.5, 0.6) is 11.5 Å². The van der Waals surface area contributed by atoms with E-state index in [1.54, 1.807) is 31.2 Å². The van der Waals surface area contributed by atoms with Crippen LogP contribution in [0.4, 0.5) is 4.39 Å². The van der Waals surface area contributed by atoms with Gasteiger partial charge in [0.15, 0.2) is 18.1 Å². The van der Waals surface area contributed by atoms with Gasteiger partial charge in [0.25, 0.3) is 5.91 Å². The Morgan fingerprint density at radius 3 is 2.50 bits per heavy atom. The molecule has 0 aliphatic carbocycles. The van der Waals surface area contributed by atoms with Crippen LogP contribution >= 0.6 is 0 Å². The third-order valence-electron chi connectivity index (χ3n) is 3.40. The lowest BCUT2D eigenvalue weighted by atomic mass is 10.1. The predicted octanol–water partition coefficient (Wildman–Crippen LogP) is 3.62. The molecule has 0 unspecified atom stereocenters. The Morgan fingerprint density at radius 1 is 1.12 bits per heavy atom. The van der Waals surface area contributed by atoms with Gasteiger partial charge >= 0.3 is 0 Å². The summed E-state index contributed by atoms with van der Waals surface area (Å²) in [7, 11) is 0. The molecule has 0 fully saturated rings. The van der Waals surface area contributed by atoms with Crippen LogP contribution in [0.1, 0.15) is 24.5 Å². The van der Waals surface area contributed by atoms with Crippen molar-refractivity contribution in [3.8, 4) is 11.5 Å². The second-order valence-corrected chi connectivity index (χ2v) is 5.44. The van der Waals surface area contributed by atoms with Crippen molar-refractivity contribution in [2.75, 3.05) is 13.2 Å². The van der Waals surface area contributed by atoms with Gasteiger partial charge in [0.2, 0.25) is 0 Å². The summed E-state index contributed by atoms with van der Waals surface area (Å²) in [5, 5.41) is 2.71. The summed E-state index contributed by atoms with van der Waals surface area (Å²) < 4.78 is 24.6. The van der Waals surface area contributed by atoms with Gasteiger partial charge in [-0.1, -0.05) is 31.2 Å². The van der Waals surface area contributed by atoms with Crippen molar-refractivity contribution >= 4 is 5.91 Å². The maximum Gasteiger partial charge on any atom is 0.258 e. The third kappa shape index (κ3) is 5.26. The molecule has 2 rings (SSSR count). The molecule has 2 aromatic rings. The normalized spacial score (nSPS) is 10.3. The van der Waals surface area contributed by atoms with E-state index in [4.69, 9.17) is 9.47 Å². The second kappa shape index (κ2) is 8.91. The van der Waals surface area contributed by atoms with Gasteiger partial charge in [-0.25, -0.2) is 4.39 Å². The molecule has 2 aromatic carbocycles. The number of carbonyl (C=O) groups is 1. The minimum atomic E-state index is -0.278. The number of rotatable bonds is 8. The fourth-order valence-corrected chi connectivity index (χ4v) is 2.04. The molecular formula is C19H22FNO3. The van der Waals surface area contributed by atoms with E-state index < -0.39 is 0 Å². The summed E-state index contributed by atoms with van der Waals surface area (Å²) in [5.74, 6) is 0.594. The largest absolute Gasteiger partial charge is 0.490 e. The van der Waals surface area contributed by atoms with Gasteiger partial charge < -0.3 is 14.8 Å². The van der Waals surface area contributed by atoms with Crippen molar-refractivity contribution in [2.24, 2.45) is 0 Å². The van der Waals surface area contributed by atoms with Crippen molar-refractivity contribution in [1.29, 1.82) is 0 Å². The number of para-hydroxylation sites is 2. The summed E-state index contributed by atoms with van der Waals surface area (Å²) >= 11 is 0. The van der Waals surface area contributed by atoms with Crippen LogP contribution in [0.3, 0.4) is 0 Å². The number of amides is 1. The van der Waals surface area contributed by atoms with E-state index in [0.717, 1.165) is 6.42 Å². The first-order valence-corrected chi connectivity index (χ1v) is 7.96. The molecule has 128 valence electrons. The lowest BCUT2D eigenvalue weighted by Gasteiger charge is -2.12. The van der Waals surface area contributed by atoms with Gasteiger partial charge in [-0.05, 0) is 42.7 Å². The number of carbonyl (C=O) groups excluding carboxylic acids is 1. The molecule has 24 heavy (non-hydrogen) atoms. The Labute approximate surface area is 141 Å². The van der Waals surface area contributed by atoms with E-state index in [9.17, 15) is 9.18 Å². The first-order chi connectivity index (χ1) is 11.6. The second-order valence-electron chi connectivity index (χ2n) is 5.44. The van der Waals surface area contributed by atoms with E-state index in [2.05, 4.69) is 5.32 Å². The van der Waals surface area contributed by atoms with Crippen LogP contribution in [-0.4, -0.2) is 19.1 Å². The van der Waals surface area contributed by atoms with Crippen LogP contribution in [-0.2, 0) is 11.3 Å². The molecule has 0 aliphatic heterocycles. The van der Waals surface area contributed by atoms with Gasteiger partial charge in [-0.2, -0.15) is 0 Å². The molecule has 0 aliphatic rings. The quantitative estimate of drug-likeness (QED) is 0.804. The smallest absolute Gasteiger partial charge is 0.258 e. The number of nitrogens with one attached hydrogen (secondary N) is 1. The molecular weight excluding hydrogens is 309 g/mol. The minimum absolute atomic E-state index is 0.124. The molecule has 0 spiro atoms. The fraction of sp³-hybridized carbons (Fsp3) is 0.316. The molecule has 4 nitrogen and oxygen atoms in total. The first-order valence-electron chi connectivity index (χ1n) is 7.96. The zero-order chi connectivity index (χ0) is 17.4. The van der Waals surface area contributed by atoms with E-state index >= 15 is 0 Å². The van der Waals surface area contributed by atoms with Crippen molar-refractivity contribution in [1.82, 2.24) is 5.32 Å². The van der Waals surface area contributed by atoms with E-state index in [0.29, 0.717) is 29.2 Å². The maximum atomic E-state index is 13.5. The van der Waals surface area contributed by atoms with Crippen LogP contribution in [0, 0.1) is 12.7 Å². The van der Waals surface area contributed by atoms with Crippen LogP contribution in [0.15, 0.2) is 42.5 Å². The monoisotopic (exact) mass is 331 g/mol. The highest BCUT2D eigenvalue weighted by Gasteiger charge is 2.08. The molecule has 0 saturated carbocycles. The Bertz CT molecular complexity index is 688. The number of hydrogen-bond donors (Lipinski definition) is 1. The summed E-state index contributed by atoms with van der Waals surface area (Å²) in [6, 6.07) is 12.1. The summed E-state index contributed by atoms with van der Waals surface area (Å²) in [4.78, 5) is 11.9. The Morgan fingerprint density at radius 2 is 1.83 bits per heavy atom. The van der Waals surface area contributed by atoms with Crippen molar-refractivity contribution in [2.45, 2.75) is 26.8 Å². The standard InChI is InChI=1S/C19H22FNO3/c1-3-10-23-17-6-4-5-7-18(17)24-13-19(22)21-12-15-9-8-14(2)16(20)11-15/h4-9,11H,3,10,12-13H2,1-2H3,(H,21,22). The van der Waals surface area contributed by atoms with Gasteiger partial charge in [0, 0.05) is 6.54 Å². The number of aryl methyl sites for hydroxylation is 1. The molecule has 0 radical (unpaired) electrons.